The van der Waals surface area contributed by atoms with E-state index in [4.69, 9.17) is 0 Å². The number of para-hydroxylation sites is 1. The summed E-state index contributed by atoms with van der Waals surface area (Å²) in [5.74, 6) is 0.0326. The van der Waals surface area contributed by atoms with E-state index in [0.717, 1.165) is 11.0 Å². The van der Waals surface area contributed by atoms with Crippen molar-refractivity contribution in [1.29, 1.82) is 0 Å². The molecule has 1 aliphatic heterocycles. The number of carbonyl (C=O) groups excluding carboxylic acids is 1. The SMILES string of the molecule is CC(C)(C)C1SCC(C(=O)NNc2cccc3c2ncc2cccn23)N1C(=O)O. The number of hydrogen-bond donors (Lipinski definition) is 3. The molecule has 2 atom stereocenters. The molecule has 4 rings (SSSR count). The van der Waals surface area contributed by atoms with Gasteiger partial charge in [0.25, 0.3) is 5.91 Å². The number of thioether (sulfide) groups is 1. The minimum Gasteiger partial charge on any atom is -0.465 e. The number of rotatable bonds is 3. The average Bonchev–Trinajstić information content (AvgIpc) is 3.32. The number of nitrogens with one attached hydrogen (secondary N) is 2. The fraction of sp³-hybridized carbons (Fsp3) is 0.350. The fourth-order valence-corrected chi connectivity index (χ4v) is 5.21. The summed E-state index contributed by atoms with van der Waals surface area (Å²) < 4.78 is 2.02. The molecule has 9 heteroatoms. The number of carboxylic acid groups (broad SMARTS) is 1. The van der Waals surface area contributed by atoms with Gasteiger partial charge in [-0.3, -0.25) is 25.5 Å². The second-order valence-corrected chi connectivity index (χ2v) is 9.22. The minimum absolute atomic E-state index is 0.271. The second-order valence-electron chi connectivity index (χ2n) is 8.11. The predicted octanol–water partition coefficient (Wildman–Crippen LogP) is 3.40. The molecule has 0 saturated carbocycles. The van der Waals surface area contributed by atoms with Crippen molar-refractivity contribution in [3.63, 3.8) is 0 Å². The Morgan fingerprint density at radius 1 is 1.24 bits per heavy atom. The zero-order chi connectivity index (χ0) is 20.8. The summed E-state index contributed by atoms with van der Waals surface area (Å²) in [4.78, 5) is 30.4. The van der Waals surface area contributed by atoms with Crippen molar-refractivity contribution >= 4 is 46.0 Å². The quantitative estimate of drug-likeness (QED) is 0.569. The molecule has 29 heavy (non-hydrogen) atoms. The maximum absolute atomic E-state index is 12.8. The van der Waals surface area contributed by atoms with Crippen molar-refractivity contribution in [2.45, 2.75) is 32.2 Å². The van der Waals surface area contributed by atoms with E-state index in [1.165, 1.54) is 16.7 Å². The van der Waals surface area contributed by atoms with Crippen LogP contribution >= 0.6 is 11.8 Å². The molecule has 152 valence electrons. The van der Waals surface area contributed by atoms with Crippen LogP contribution in [-0.2, 0) is 4.79 Å². The molecule has 2 unspecified atom stereocenters. The van der Waals surface area contributed by atoms with Gasteiger partial charge in [-0.25, -0.2) is 4.79 Å². The largest absolute Gasteiger partial charge is 0.465 e. The first-order chi connectivity index (χ1) is 13.8. The zero-order valence-corrected chi connectivity index (χ0v) is 17.2. The molecule has 0 aliphatic carbocycles. The predicted molar refractivity (Wildman–Crippen MR) is 114 cm³/mol. The van der Waals surface area contributed by atoms with Crippen LogP contribution in [0.25, 0.3) is 16.6 Å². The van der Waals surface area contributed by atoms with Crippen LogP contribution in [0.4, 0.5) is 10.5 Å². The fourth-order valence-electron chi connectivity index (χ4n) is 3.63. The van der Waals surface area contributed by atoms with Crippen LogP contribution in [0.15, 0.2) is 42.7 Å². The molecule has 3 heterocycles. The molecular formula is C20H23N5O3S. The van der Waals surface area contributed by atoms with Gasteiger partial charge in [0.05, 0.1) is 28.3 Å². The lowest BCUT2D eigenvalue weighted by atomic mass is 9.95. The zero-order valence-electron chi connectivity index (χ0n) is 16.4. The molecule has 1 fully saturated rings. The Morgan fingerprint density at radius 2 is 2.03 bits per heavy atom. The summed E-state index contributed by atoms with van der Waals surface area (Å²) in [6.45, 7) is 5.93. The Bertz CT molecular complexity index is 1090. The topological polar surface area (TPSA) is 99.0 Å². The summed E-state index contributed by atoms with van der Waals surface area (Å²) in [7, 11) is 0. The van der Waals surface area contributed by atoms with Gasteiger partial charge in [0.2, 0.25) is 0 Å². The van der Waals surface area contributed by atoms with Gasteiger partial charge < -0.3 is 9.51 Å². The molecule has 0 spiro atoms. The number of amides is 2. The lowest BCUT2D eigenvalue weighted by molar-refractivity contribution is -0.124. The highest BCUT2D eigenvalue weighted by atomic mass is 32.2. The third kappa shape index (κ3) is 3.46. The number of nitrogens with zero attached hydrogens (tertiary/aromatic N) is 3. The van der Waals surface area contributed by atoms with Gasteiger partial charge in [-0.1, -0.05) is 26.8 Å². The Kier molecular flexibility index (Phi) is 4.77. The van der Waals surface area contributed by atoms with E-state index in [1.807, 2.05) is 61.7 Å². The van der Waals surface area contributed by atoms with E-state index in [2.05, 4.69) is 15.8 Å². The molecule has 1 saturated heterocycles. The maximum Gasteiger partial charge on any atom is 0.408 e. The van der Waals surface area contributed by atoms with E-state index in [-0.39, 0.29) is 16.7 Å². The smallest absolute Gasteiger partial charge is 0.408 e. The van der Waals surface area contributed by atoms with Crippen molar-refractivity contribution in [2.24, 2.45) is 5.41 Å². The van der Waals surface area contributed by atoms with Crippen LogP contribution in [0, 0.1) is 5.41 Å². The first-order valence-corrected chi connectivity index (χ1v) is 10.4. The maximum atomic E-state index is 12.8. The average molecular weight is 414 g/mol. The van der Waals surface area contributed by atoms with Gasteiger partial charge in [-0.15, -0.1) is 11.8 Å². The number of aromatic nitrogens is 2. The Hall–Kier alpha value is -2.94. The monoisotopic (exact) mass is 413 g/mol. The molecule has 1 aromatic carbocycles. The lowest BCUT2D eigenvalue weighted by Crippen LogP contribution is -2.52. The highest BCUT2D eigenvalue weighted by Gasteiger charge is 2.46. The standard InChI is InChI=1S/C20H23N5O3S/c1-20(2,3)18-25(19(27)28)15(11-29-18)17(26)23-22-13-7-4-8-14-16(13)21-10-12-6-5-9-24(12)14/h4-10,15,18,22H,11H2,1-3H3,(H,23,26)(H,27,28). The molecule has 2 amide bonds. The van der Waals surface area contributed by atoms with Crippen LogP contribution in [0.3, 0.4) is 0 Å². The highest BCUT2D eigenvalue weighted by Crippen LogP contribution is 2.40. The number of hydrazine groups is 1. The van der Waals surface area contributed by atoms with Crippen LogP contribution in [0.5, 0.6) is 0 Å². The molecular weight excluding hydrogens is 390 g/mol. The third-order valence-electron chi connectivity index (χ3n) is 4.97. The van der Waals surface area contributed by atoms with Crippen LogP contribution < -0.4 is 10.9 Å². The summed E-state index contributed by atoms with van der Waals surface area (Å²) in [5, 5.41) is 9.39. The van der Waals surface area contributed by atoms with Gasteiger partial charge in [0.1, 0.15) is 11.6 Å². The lowest BCUT2D eigenvalue weighted by Gasteiger charge is -2.34. The number of benzene rings is 1. The van der Waals surface area contributed by atoms with Gasteiger partial charge in [-0.05, 0) is 29.7 Å². The highest BCUT2D eigenvalue weighted by molar-refractivity contribution is 8.00. The molecule has 8 nitrogen and oxygen atoms in total. The Morgan fingerprint density at radius 3 is 2.76 bits per heavy atom. The van der Waals surface area contributed by atoms with E-state index in [0.29, 0.717) is 17.0 Å². The van der Waals surface area contributed by atoms with E-state index >= 15 is 0 Å². The molecule has 3 N–H and O–H groups in total. The number of hydrogen-bond acceptors (Lipinski definition) is 5. The summed E-state index contributed by atoms with van der Waals surface area (Å²) >= 11 is 1.49. The second kappa shape index (κ2) is 7.14. The van der Waals surface area contributed by atoms with Gasteiger partial charge >= 0.3 is 6.09 Å². The summed E-state index contributed by atoms with van der Waals surface area (Å²) in [5.41, 5.74) is 8.57. The first kappa shape index (κ1) is 19.4. The van der Waals surface area contributed by atoms with Crippen LogP contribution in [0.1, 0.15) is 20.8 Å². The van der Waals surface area contributed by atoms with E-state index < -0.39 is 12.1 Å². The molecule has 3 aromatic rings. The van der Waals surface area contributed by atoms with Gasteiger partial charge in [0.15, 0.2) is 0 Å². The third-order valence-corrected chi connectivity index (χ3v) is 6.72. The molecule has 2 aromatic heterocycles. The minimum atomic E-state index is -1.09. The summed E-state index contributed by atoms with van der Waals surface area (Å²) in [6.07, 6.45) is 2.63. The number of carbonyl (C=O) groups is 2. The van der Waals surface area contributed by atoms with Crippen molar-refractivity contribution < 1.29 is 14.7 Å². The van der Waals surface area contributed by atoms with E-state index in [9.17, 15) is 14.7 Å². The Balaban J connectivity index is 1.55. The molecule has 1 aliphatic rings. The van der Waals surface area contributed by atoms with Crippen molar-refractivity contribution in [3.05, 3.63) is 42.7 Å². The molecule has 0 bridgehead atoms. The van der Waals surface area contributed by atoms with Crippen molar-refractivity contribution in [3.8, 4) is 0 Å². The number of fused-ring (bicyclic) bond motifs is 3. The van der Waals surface area contributed by atoms with Crippen LogP contribution in [-0.4, -0.2) is 48.6 Å². The summed E-state index contributed by atoms with van der Waals surface area (Å²) in [6, 6.07) is 8.81. The normalized spacial score (nSPS) is 19.6. The van der Waals surface area contributed by atoms with E-state index in [1.54, 1.807) is 6.20 Å². The van der Waals surface area contributed by atoms with Gasteiger partial charge in [-0.2, -0.15) is 0 Å². The van der Waals surface area contributed by atoms with Crippen molar-refractivity contribution in [2.75, 3.05) is 11.2 Å². The number of anilines is 1. The first-order valence-electron chi connectivity index (χ1n) is 9.31. The van der Waals surface area contributed by atoms with Crippen LogP contribution in [0.2, 0.25) is 0 Å². The Labute approximate surface area is 172 Å². The molecule has 0 radical (unpaired) electrons. The van der Waals surface area contributed by atoms with Crippen molar-refractivity contribution in [1.82, 2.24) is 19.7 Å². The van der Waals surface area contributed by atoms with Gasteiger partial charge in [0, 0.05) is 11.9 Å².